The lowest BCUT2D eigenvalue weighted by Gasteiger charge is -2.06. The molecule has 0 bridgehead atoms. The van der Waals surface area contributed by atoms with Crippen LogP contribution in [0.5, 0.6) is 0 Å². The molecule has 4 aromatic heterocycles. The maximum Gasteiger partial charge on any atom is 0.312 e. The van der Waals surface area contributed by atoms with Crippen molar-refractivity contribution in [1.82, 2.24) is 28.9 Å². The minimum absolute atomic E-state index is 0.141. The Morgan fingerprint density at radius 3 is 1.27 bits per heavy atom. The van der Waals surface area contributed by atoms with Crippen LogP contribution in [0, 0.1) is 0 Å². The smallest absolute Gasteiger partial charge is 0.312 e. The summed E-state index contributed by atoms with van der Waals surface area (Å²) in [4.78, 5) is 74.5. The number of aryl methyl sites for hydroxylation is 4. The van der Waals surface area contributed by atoms with Crippen LogP contribution >= 0.6 is 15.9 Å². The highest BCUT2D eigenvalue weighted by molar-refractivity contribution is 9.12. The van der Waals surface area contributed by atoms with Crippen LogP contribution in [-0.2, 0) is 33.0 Å². The van der Waals surface area contributed by atoms with Crippen LogP contribution in [-0.4, -0.2) is 66.9 Å². The third-order valence-corrected chi connectivity index (χ3v) is 7.53. The third kappa shape index (κ3) is 9.07. The predicted octanol–water partition coefficient (Wildman–Crippen LogP) is 2.43. The molecule has 0 aromatic carbocycles. The molecule has 0 aliphatic carbocycles. The summed E-state index contributed by atoms with van der Waals surface area (Å²) in [6, 6.07) is 5.41. The van der Waals surface area contributed by atoms with E-state index in [9.17, 15) is 28.8 Å². The number of nitrogens with zero attached hydrogens (tertiary/aromatic N) is 4. The fourth-order valence-corrected chi connectivity index (χ4v) is 4.91. The Morgan fingerprint density at radius 2 is 0.918 bits per heavy atom. The Balaban J connectivity index is 1.35. The van der Waals surface area contributed by atoms with Crippen LogP contribution in [0.4, 0.5) is 27.5 Å². The summed E-state index contributed by atoms with van der Waals surface area (Å²) in [5.41, 5.74) is 7.59. The van der Waals surface area contributed by atoms with Gasteiger partial charge in [-0.15, -0.1) is 0 Å². The number of hydrogen-bond acceptors (Lipinski definition) is 6. The molecular weight excluding hydrogens is 702 g/mol. The Hall–Kier alpha value is -6.04. The van der Waals surface area contributed by atoms with Gasteiger partial charge in [0.2, 0.25) is 0 Å². The average Bonchev–Trinajstić information content (AvgIpc) is 3.77. The van der Waals surface area contributed by atoms with E-state index in [4.69, 9.17) is 5.73 Å². The van der Waals surface area contributed by atoms with Gasteiger partial charge in [-0.25, -0.2) is 4.79 Å². The molecular formula is C31H36BrN11O6. The Morgan fingerprint density at radius 1 is 0.592 bits per heavy atom. The van der Waals surface area contributed by atoms with Gasteiger partial charge in [0.25, 0.3) is 29.5 Å². The number of hydrogen-bond donors (Lipinski definition) is 7. The van der Waals surface area contributed by atoms with E-state index in [1.165, 1.54) is 24.3 Å². The van der Waals surface area contributed by atoms with Gasteiger partial charge >= 0.3 is 6.03 Å². The molecule has 0 fully saturated rings. The summed E-state index contributed by atoms with van der Waals surface area (Å²) >= 11 is 3.01. The molecule has 0 atom stereocenters. The van der Waals surface area contributed by atoms with Gasteiger partial charge in [-0.1, -0.05) is 6.58 Å². The zero-order valence-electron chi connectivity index (χ0n) is 27.1. The number of amides is 7. The van der Waals surface area contributed by atoms with Crippen LogP contribution in [0.1, 0.15) is 48.4 Å². The van der Waals surface area contributed by atoms with Crippen LogP contribution in [0.2, 0.25) is 0 Å². The number of aromatic nitrogens is 4. The first-order valence-corrected chi connectivity index (χ1v) is 15.5. The van der Waals surface area contributed by atoms with Crippen molar-refractivity contribution >= 4 is 74.2 Å². The summed E-state index contributed by atoms with van der Waals surface area (Å²) in [5.74, 6) is -2.21. The van der Waals surface area contributed by atoms with Gasteiger partial charge in [0.05, 0.1) is 27.2 Å². The molecule has 0 radical (unpaired) electrons. The molecule has 8 N–H and O–H groups in total. The number of urea groups is 1. The van der Waals surface area contributed by atoms with Gasteiger partial charge in [0.15, 0.2) is 0 Å². The van der Waals surface area contributed by atoms with Crippen molar-refractivity contribution in [2.24, 2.45) is 33.9 Å². The molecule has 0 saturated carbocycles. The molecule has 0 unspecified atom stereocenters. The lowest BCUT2D eigenvalue weighted by atomic mass is 10.3. The highest BCUT2D eigenvalue weighted by Crippen LogP contribution is 2.21. The average molecular weight is 739 g/mol. The highest BCUT2D eigenvalue weighted by atomic mass is 79.9. The standard InChI is InChI=1S/C31H36BrN11O6/c1-17(32)26(44)36-18-10-23(41(3)13-18)28(46)38-20-12-25(43(5)15-20)30(48)39-21-11-24(42(4)16-21)29(47)37-19-9-22(40(2)14-19)27(45)34-7-6-8-35-31(33)49/h9-16H,1,6-8H2,2-5H3,(H,34,45)(H,36,44)(H,37,47)(H,38,46)(H,39,48)(H3,33,35,49). The molecule has 0 aliphatic heterocycles. The fraction of sp³-hybridized carbons (Fsp3) is 0.226. The summed E-state index contributed by atoms with van der Waals surface area (Å²) in [6.45, 7) is 4.15. The van der Waals surface area contributed by atoms with E-state index in [1.807, 2.05) is 0 Å². The normalized spacial score (nSPS) is 10.6. The molecule has 49 heavy (non-hydrogen) atoms. The number of halogens is 1. The van der Waals surface area contributed by atoms with Crippen LogP contribution < -0.4 is 37.6 Å². The second-order valence-electron chi connectivity index (χ2n) is 11.0. The first-order chi connectivity index (χ1) is 23.1. The zero-order chi connectivity index (χ0) is 36.0. The quantitative estimate of drug-likeness (QED) is 0.0806. The van der Waals surface area contributed by atoms with Gasteiger partial charge in [-0.3, -0.25) is 24.0 Å². The lowest BCUT2D eigenvalue weighted by Crippen LogP contribution is -2.33. The fourth-order valence-electron chi connectivity index (χ4n) is 4.81. The minimum Gasteiger partial charge on any atom is -0.352 e. The van der Waals surface area contributed by atoms with E-state index >= 15 is 0 Å². The molecule has 0 spiro atoms. The van der Waals surface area contributed by atoms with Crippen molar-refractivity contribution in [2.75, 3.05) is 34.4 Å². The van der Waals surface area contributed by atoms with Crippen molar-refractivity contribution in [2.45, 2.75) is 6.42 Å². The molecule has 18 heteroatoms. The second-order valence-corrected chi connectivity index (χ2v) is 12.0. The van der Waals surface area contributed by atoms with Gasteiger partial charge in [-0.05, 0) is 46.6 Å². The predicted molar refractivity (Wildman–Crippen MR) is 187 cm³/mol. The SMILES string of the molecule is C=C(Br)C(=O)Nc1cc(C(=O)Nc2cc(C(=O)Nc3cc(C(=O)Nc4cc(C(=O)NCCCNC(N)=O)n(C)c4)n(C)c3)n(C)c2)n(C)c1. The molecule has 4 aromatic rings. The molecule has 258 valence electrons. The molecule has 17 nitrogen and oxygen atoms in total. The molecule has 7 amide bonds. The summed E-state index contributed by atoms with van der Waals surface area (Å²) < 4.78 is 6.35. The Bertz CT molecular complexity index is 1960. The highest BCUT2D eigenvalue weighted by Gasteiger charge is 2.20. The number of nitrogens with two attached hydrogens (primary N) is 1. The van der Waals surface area contributed by atoms with Gasteiger partial charge in [0, 0.05) is 66.1 Å². The van der Waals surface area contributed by atoms with Gasteiger partial charge in [-0.2, -0.15) is 0 Å². The van der Waals surface area contributed by atoms with Gasteiger partial charge in [0.1, 0.15) is 22.8 Å². The minimum atomic E-state index is -0.637. The van der Waals surface area contributed by atoms with Crippen molar-refractivity contribution in [3.8, 4) is 0 Å². The number of carbonyl (C=O) groups is 6. The van der Waals surface area contributed by atoms with Crippen LogP contribution in [0.3, 0.4) is 0 Å². The number of primary amides is 1. The zero-order valence-corrected chi connectivity index (χ0v) is 28.7. The summed E-state index contributed by atoms with van der Waals surface area (Å²) in [6.07, 6.45) is 6.81. The van der Waals surface area contributed by atoms with Crippen molar-refractivity contribution in [3.05, 3.63) is 82.9 Å². The largest absolute Gasteiger partial charge is 0.352 e. The third-order valence-electron chi connectivity index (χ3n) is 7.17. The van der Waals surface area contributed by atoms with E-state index in [0.717, 1.165) is 0 Å². The molecule has 0 aliphatic rings. The first-order valence-electron chi connectivity index (χ1n) is 14.7. The Labute approximate surface area is 289 Å². The van der Waals surface area contributed by atoms with Crippen molar-refractivity contribution in [1.29, 1.82) is 0 Å². The number of anilines is 4. The van der Waals surface area contributed by atoms with E-state index < -0.39 is 29.7 Å². The summed E-state index contributed by atoms with van der Waals surface area (Å²) in [7, 11) is 6.61. The van der Waals surface area contributed by atoms with E-state index in [2.05, 4.69) is 54.4 Å². The summed E-state index contributed by atoms with van der Waals surface area (Å²) in [5, 5.41) is 16.1. The molecule has 4 heterocycles. The number of rotatable bonds is 13. The second kappa shape index (κ2) is 15.2. The maximum atomic E-state index is 13.2. The molecule has 4 rings (SSSR count). The van der Waals surface area contributed by atoms with Crippen LogP contribution in [0.25, 0.3) is 0 Å². The van der Waals surface area contributed by atoms with E-state index in [-0.39, 0.29) is 27.5 Å². The maximum absolute atomic E-state index is 13.2. The van der Waals surface area contributed by atoms with Crippen molar-refractivity contribution in [3.63, 3.8) is 0 Å². The van der Waals surface area contributed by atoms with Crippen molar-refractivity contribution < 1.29 is 28.8 Å². The molecule has 0 saturated heterocycles. The number of nitrogens with one attached hydrogen (secondary N) is 6. The van der Waals surface area contributed by atoms with Crippen LogP contribution in [0.15, 0.2) is 60.1 Å². The lowest BCUT2D eigenvalue weighted by molar-refractivity contribution is -0.112. The Kier molecular flexibility index (Phi) is 11.1. The topological polar surface area (TPSA) is 220 Å². The monoisotopic (exact) mass is 737 g/mol. The first kappa shape index (κ1) is 35.8. The van der Waals surface area contributed by atoms with Gasteiger partial charge < -0.3 is 55.9 Å². The number of carbonyl (C=O) groups excluding carboxylic acids is 6. The van der Waals surface area contributed by atoms with E-state index in [0.29, 0.717) is 48.0 Å². The van der Waals surface area contributed by atoms with E-state index in [1.54, 1.807) is 71.2 Å².